The van der Waals surface area contributed by atoms with E-state index < -0.39 is 6.04 Å². The second kappa shape index (κ2) is 9.03. The Labute approximate surface area is 162 Å². The summed E-state index contributed by atoms with van der Waals surface area (Å²) in [5.74, 6) is 1.23. The van der Waals surface area contributed by atoms with Gasteiger partial charge in [-0.3, -0.25) is 9.59 Å². The van der Waals surface area contributed by atoms with Crippen LogP contribution in [0.5, 0.6) is 0 Å². The van der Waals surface area contributed by atoms with Crippen LogP contribution in [0.15, 0.2) is 41.2 Å². The van der Waals surface area contributed by atoms with Gasteiger partial charge in [-0.05, 0) is 24.0 Å². The lowest BCUT2D eigenvalue weighted by Crippen LogP contribution is -2.47. The lowest BCUT2D eigenvalue weighted by atomic mass is 9.88. The number of nitrogens with one attached hydrogen (secondary N) is 1. The predicted octanol–water partition coefficient (Wildman–Crippen LogP) is 2.04. The highest BCUT2D eigenvalue weighted by Crippen LogP contribution is 2.38. The van der Waals surface area contributed by atoms with E-state index in [0.29, 0.717) is 25.3 Å². The van der Waals surface area contributed by atoms with Gasteiger partial charge in [-0.1, -0.05) is 35.5 Å². The van der Waals surface area contributed by atoms with Crippen LogP contribution in [-0.4, -0.2) is 58.0 Å². The number of benzene rings is 1. The van der Waals surface area contributed by atoms with Gasteiger partial charge in [0.05, 0.1) is 0 Å². The molecule has 0 bridgehead atoms. The van der Waals surface area contributed by atoms with E-state index in [4.69, 9.17) is 4.52 Å². The fraction of sp³-hybridized carbons (Fsp3) is 0.474. The van der Waals surface area contributed by atoms with Crippen molar-refractivity contribution in [3.05, 3.63) is 48.1 Å². The maximum atomic E-state index is 13.1. The molecule has 1 aliphatic rings. The Kier molecular flexibility index (Phi) is 6.49. The van der Waals surface area contributed by atoms with E-state index >= 15 is 0 Å². The van der Waals surface area contributed by atoms with Gasteiger partial charge in [0.2, 0.25) is 18.2 Å². The van der Waals surface area contributed by atoms with Gasteiger partial charge in [0, 0.05) is 31.8 Å². The Hall–Kier alpha value is -2.35. The average Bonchev–Trinajstić information content (AvgIpc) is 3.34. The van der Waals surface area contributed by atoms with Crippen molar-refractivity contribution < 1.29 is 14.1 Å². The van der Waals surface area contributed by atoms with Gasteiger partial charge in [0.25, 0.3) is 0 Å². The third-order valence-corrected chi connectivity index (χ3v) is 5.50. The quantitative estimate of drug-likeness (QED) is 0.781. The number of hydrogen-bond donors (Lipinski definition) is 1. The number of rotatable bonds is 7. The lowest BCUT2D eigenvalue weighted by molar-refractivity contribution is -0.135. The van der Waals surface area contributed by atoms with E-state index in [1.807, 2.05) is 29.4 Å². The standard InChI is InChI=1S/C19H24N4O3S/c1-13(24)21-17(8-9-27-2)19(25)23-10-15(14-6-4-3-5-7-14)16(11-23)18-20-12-26-22-18/h3-7,12,15-17H,8-11H2,1-2H3,(H,21,24)/t15-,16-,17+/m1/s1. The van der Waals surface area contributed by atoms with Crippen molar-refractivity contribution >= 4 is 23.6 Å². The molecular weight excluding hydrogens is 364 g/mol. The fourth-order valence-electron chi connectivity index (χ4n) is 3.58. The number of thioether (sulfide) groups is 1. The molecule has 1 aromatic carbocycles. The Bertz CT molecular complexity index is 754. The van der Waals surface area contributed by atoms with Crippen molar-refractivity contribution in [1.82, 2.24) is 20.4 Å². The molecule has 0 aliphatic carbocycles. The third kappa shape index (κ3) is 4.68. The zero-order valence-electron chi connectivity index (χ0n) is 15.5. The Balaban J connectivity index is 1.81. The van der Waals surface area contributed by atoms with Gasteiger partial charge >= 0.3 is 0 Å². The maximum absolute atomic E-state index is 13.1. The van der Waals surface area contributed by atoms with Gasteiger partial charge in [-0.25, -0.2) is 0 Å². The molecule has 0 unspecified atom stereocenters. The Morgan fingerprint density at radius 3 is 2.67 bits per heavy atom. The van der Waals surface area contributed by atoms with E-state index in [9.17, 15) is 9.59 Å². The summed E-state index contributed by atoms with van der Waals surface area (Å²) < 4.78 is 4.94. The first kappa shape index (κ1) is 19.4. The number of aromatic nitrogens is 2. The van der Waals surface area contributed by atoms with Crippen molar-refractivity contribution in [1.29, 1.82) is 0 Å². The predicted molar refractivity (Wildman–Crippen MR) is 103 cm³/mol. The molecule has 2 aromatic rings. The summed E-state index contributed by atoms with van der Waals surface area (Å²) in [7, 11) is 0. The molecule has 8 heteroatoms. The summed E-state index contributed by atoms with van der Waals surface area (Å²) in [4.78, 5) is 30.7. The van der Waals surface area contributed by atoms with Crippen molar-refractivity contribution in [2.24, 2.45) is 0 Å². The fourth-order valence-corrected chi connectivity index (χ4v) is 4.06. The minimum Gasteiger partial charge on any atom is -0.345 e. The molecule has 3 atom stereocenters. The number of likely N-dealkylation sites (tertiary alicyclic amines) is 1. The zero-order chi connectivity index (χ0) is 19.2. The molecule has 144 valence electrons. The van der Waals surface area contributed by atoms with Gasteiger partial charge in [-0.2, -0.15) is 16.7 Å². The molecule has 1 N–H and O–H groups in total. The van der Waals surface area contributed by atoms with E-state index in [1.54, 1.807) is 11.8 Å². The molecule has 1 saturated heterocycles. The van der Waals surface area contributed by atoms with Crippen molar-refractivity contribution in [3.8, 4) is 0 Å². The minimum atomic E-state index is -0.504. The number of nitrogens with zero attached hydrogens (tertiary/aromatic N) is 3. The highest BCUT2D eigenvalue weighted by Gasteiger charge is 2.41. The first-order valence-electron chi connectivity index (χ1n) is 8.96. The summed E-state index contributed by atoms with van der Waals surface area (Å²) in [6.45, 7) is 2.52. The van der Waals surface area contributed by atoms with Crippen LogP contribution in [0.1, 0.15) is 36.6 Å². The van der Waals surface area contributed by atoms with Crippen LogP contribution >= 0.6 is 11.8 Å². The molecule has 1 aromatic heterocycles. The first-order chi connectivity index (χ1) is 13.1. The third-order valence-electron chi connectivity index (χ3n) is 4.86. The van der Waals surface area contributed by atoms with Crippen LogP contribution in [0.4, 0.5) is 0 Å². The molecule has 1 aliphatic heterocycles. The molecule has 1 fully saturated rings. The molecular formula is C19H24N4O3S. The van der Waals surface area contributed by atoms with Crippen molar-refractivity contribution in [3.63, 3.8) is 0 Å². The lowest BCUT2D eigenvalue weighted by Gasteiger charge is -2.24. The monoisotopic (exact) mass is 388 g/mol. The normalized spacial score (nSPS) is 20.4. The summed E-state index contributed by atoms with van der Waals surface area (Å²) in [5.41, 5.74) is 1.14. The summed E-state index contributed by atoms with van der Waals surface area (Å²) >= 11 is 1.66. The number of carbonyl (C=O) groups is 2. The van der Waals surface area contributed by atoms with Crippen LogP contribution in [0.2, 0.25) is 0 Å². The molecule has 2 heterocycles. The summed E-state index contributed by atoms with van der Waals surface area (Å²) in [5, 5.41) is 6.82. The molecule has 0 radical (unpaired) electrons. The van der Waals surface area contributed by atoms with Gasteiger partial charge < -0.3 is 14.7 Å². The van der Waals surface area contributed by atoms with E-state index in [-0.39, 0.29) is 23.7 Å². The topological polar surface area (TPSA) is 88.3 Å². The molecule has 2 amide bonds. The number of hydrogen-bond acceptors (Lipinski definition) is 6. The second-order valence-corrected chi connectivity index (χ2v) is 7.68. The summed E-state index contributed by atoms with van der Waals surface area (Å²) in [6.07, 6.45) is 3.92. The molecule has 3 rings (SSSR count). The van der Waals surface area contributed by atoms with Gasteiger partial charge in [0.1, 0.15) is 6.04 Å². The van der Waals surface area contributed by atoms with Crippen LogP contribution < -0.4 is 5.32 Å². The molecule has 0 spiro atoms. The van der Waals surface area contributed by atoms with Gasteiger partial charge in [0.15, 0.2) is 5.82 Å². The van der Waals surface area contributed by atoms with E-state index in [1.165, 1.54) is 13.3 Å². The maximum Gasteiger partial charge on any atom is 0.245 e. The minimum absolute atomic E-state index is 0.0337. The second-order valence-electron chi connectivity index (χ2n) is 6.69. The van der Waals surface area contributed by atoms with Crippen LogP contribution in [-0.2, 0) is 9.59 Å². The molecule has 0 saturated carbocycles. The SMILES string of the molecule is CSCC[C@H](NC(C)=O)C(=O)N1C[C@H](c2ccccc2)[C@H](c2ncon2)C1. The molecule has 7 nitrogen and oxygen atoms in total. The highest BCUT2D eigenvalue weighted by molar-refractivity contribution is 7.98. The van der Waals surface area contributed by atoms with E-state index in [0.717, 1.165) is 11.3 Å². The smallest absolute Gasteiger partial charge is 0.245 e. The van der Waals surface area contributed by atoms with Crippen molar-refractivity contribution in [2.75, 3.05) is 25.1 Å². The highest BCUT2D eigenvalue weighted by atomic mass is 32.2. The number of carbonyl (C=O) groups excluding carboxylic acids is 2. The Morgan fingerprint density at radius 1 is 1.30 bits per heavy atom. The summed E-state index contributed by atoms with van der Waals surface area (Å²) in [6, 6.07) is 9.57. The van der Waals surface area contributed by atoms with Crippen molar-refractivity contribution in [2.45, 2.75) is 31.2 Å². The molecule has 27 heavy (non-hydrogen) atoms. The van der Waals surface area contributed by atoms with Crippen LogP contribution in [0, 0.1) is 0 Å². The number of amides is 2. The van der Waals surface area contributed by atoms with Crippen LogP contribution in [0.25, 0.3) is 0 Å². The van der Waals surface area contributed by atoms with Crippen LogP contribution in [0.3, 0.4) is 0 Å². The largest absolute Gasteiger partial charge is 0.345 e. The zero-order valence-corrected chi connectivity index (χ0v) is 16.3. The van der Waals surface area contributed by atoms with E-state index in [2.05, 4.69) is 27.6 Å². The Morgan fingerprint density at radius 2 is 2.04 bits per heavy atom. The van der Waals surface area contributed by atoms with Gasteiger partial charge in [-0.15, -0.1) is 0 Å². The average molecular weight is 388 g/mol. The first-order valence-corrected chi connectivity index (χ1v) is 10.4.